The molecule has 0 spiro atoms. The largest absolute Gasteiger partial charge is 0.444 e. The Morgan fingerprint density at radius 1 is 1.34 bits per heavy atom. The number of hydrogen-bond donors (Lipinski definition) is 2. The van der Waals surface area contributed by atoms with Crippen LogP contribution in [0.25, 0.3) is 0 Å². The number of ether oxygens (including phenoxy) is 1. The molecule has 0 radical (unpaired) electrons. The zero-order valence-corrected chi connectivity index (χ0v) is 21.7. The van der Waals surface area contributed by atoms with E-state index in [1.54, 1.807) is 20.5 Å². The molecule has 0 bridgehead atoms. The molecule has 2 aliphatic heterocycles. The maximum atomic E-state index is 12.3. The SMILES string of the molecule is C=C(C[NH+]=O)S(=O)N1CCC(N2C(=O)OCc3cc(Br)ccc32)CC1.C=CC.CC.CO. The molecule has 1 aromatic carbocycles. The normalized spacial score (nSPS) is 16.3. The molecule has 0 aromatic heterocycles. The van der Waals surface area contributed by atoms with Crippen LogP contribution in [0, 0.1) is 4.91 Å². The number of anilines is 1. The van der Waals surface area contributed by atoms with Crippen LogP contribution in [-0.4, -0.2) is 52.5 Å². The van der Waals surface area contributed by atoms with E-state index >= 15 is 0 Å². The number of nitrogens with one attached hydrogen (secondary N) is 1. The fraction of sp³-hybridized carbons (Fsp3) is 0.500. The number of cyclic esters (lactones) is 1. The minimum absolute atomic E-state index is 0.00752. The van der Waals surface area contributed by atoms with Gasteiger partial charge < -0.3 is 9.84 Å². The van der Waals surface area contributed by atoms with Crippen LogP contribution in [0.5, 0.6) is 0 Å². The van der Waals surface area contributed by atoms with Crippen molar-refractivity contribution in [1.82, 2.24) is 4.31 Å². The third-order valence-corrected chi connectivity index (χ3v) is 6.35. The van der Waals surface area contributed by atoms with Crippen molar-refractivity contribution in [2.45, 2.75) is 46.3 Å². The summed E-state index contributed by atoms with van der Waals surface area (Å²) in [4.78, 5) is 24.8. The van der Waals surface area contributed by atoms with E-state index in [1.807, 2.05) is 39.0 Å². The molecule has 3 rings (SSSR count). The summed E-state index contributed by atoms with van der Waals surface area (Å²) in [6, 6.07) is 5.78. The van der Waals surface area contributed by atoms with Crippen molar-refractivity contribution in [2.75, 3.05) is 31.6 Å². The smallest absolute Gasteiger partial charge is 0.414 e. The number of fused-ring (bicyclic) bond motifs is 1. The average Bonchev–Trinajstić information content (AvgIpc) is 2.82. The molecule has 8 nitrogen and oxygen atoms in total. The van der Waals surface area contributed by atoms with E-state index in [2.05, 4.69) is 29.1 Å². The molecule has 1 aromatic rings. The summed E-state index contributed by atoms with van der Waals surface area (Å²) in [5.74, 6) is 0. The number of carbonyl (C=O) groups excluding carboxylic acids is 1. The third-order valence-electron chi connectivity index (χ3n) is 4.39. The number of hydrogen-bond acceptors (Lipinski definition) is 5. The van der Waals surface area contributed by atoms with Crippen LogP contribution in [0.1, 0.15) is 39.2 Å². The van der Waals surface area contributed by atoms with Gasteiger partial charge in [0.25, 0.3) is 0 Å². The molecular formula is C22H35BrN3O5S+. The zero-order valence-electron chi connectivity index (χ0n) is 19.3. The van der Waals surface area contributed by atoms with Gasteiger partial charge in [-0.2, -0.15) is 0 Å². The van der Waals surface area contributed by atoms with Crippen molar-refractivity contribution in [2.24, 2.45) is 0 Å². The van der Waals surface area contributed by atoms with Crippen LogP contribution in [0.3, 0.4) is 0 Å². The van der Waals surface area contributed by atoms with E-state index in [-0.39, 0.29) is 25.3 Å². The summed E-state index contributed by atoms with van der Waals surface area (Å²) in [7, 11) is -0.392. The van der Waals surface area contributed by atoms with Crippen LogP contribution in [-0.2, 0) is 22.3 Å². The van der Waals surface area contributed by atoms with E-state index in [0.717, 1.165) is 22.8 Å². The van der Waals surface area contributed by atoms with Gasteiger partial charge in [0.15, 0.2) is 0 Å². The number of amides is 1. The van der Waals surface area contributed by atoms with Gasteiger partial charge in [-0.25, -0.2) is 13.3 Å². The van der Waals surface area contributed by atoms with Gasteiger partial charge >= 0.3 is 6.09 Å². The highest BCUT2D eigenvalue weighted by molar-refractivity contribution is 9.10. The molecule has 1 fully saturated rings. The number of piperidine rings is 1. The van der Waals surface area contributed by atoms with Crippen molar-refractivity contribution < 1.29 is 24.0 Å². The van der Waals surface area contributed by atoms with Crippen molar-refractivity contribution in [3.63, 3.8) is 0 Å². The first-order chi connectivity index (χ1) is 15.4. The Hall–Kier alpha value is -1.88. The molecule has 2 heterocycles. The van der Waals surface area contributed by atoms with Gasteiger partial charge in [-0.05, 0) is 43.1 Å². The predicted molar refractivity (Wildman–Crippen MR) is 133 cm³/mol. The second kappa shape index (κ2) is 16.7. The quantitative estimate of drug-likeness (QED) is 0.567. The van der Waals surface area contributed by atoms with Crippen molar-refractivity contribution >= 4 is 38.7 Å². The van der Waals surface area contributed by atoms with E-state index in [9.17, 15) is 13.9 Å². The van der Waals surface area contributed by atoms with Gasteiger partial charge in [0.1, 0.15) is 17.6 Å². The second-order valence-electron chi connectivity index (χ2n) is 6.38. The summed E-state index contributed by atoms with van der Waals surface area (Å²) >= 11 is 3.44. The van der Waals surface area contributed by atoms with Crippen LogP contribution in [0.15, 0.2) is 46.8 Å². The van der Waals surface area contributed by atoms with Gasteiger partial charge in [0.05, 0.1) is 10.6 Å². The number of allylic oxidation sites excluding steroid dienone is 1. The van der Waals surface area contributed by atoms with E-state index in [4.69, 9.17) is 9.84 Å². The zero-order chi connectivity index (χ0) is 24.7. The Morgan fingerprint density at radius 2 is 1.91 bits per heavy atom. The Morgan fingerprint density at radius 3 is 2.44 bits per heavy atom. The van der Waals surface area contributed by atoms with Gasteiger partial charge in [-0.15, -0.1) is 6.58 Å². The van der Waals surface area contributed by atoms with Crippen molar-refractivity contribution in [3.05, 3.63) is 57.3 Å². The summed E-state index contributed by atoms with van der Waals surface area (Å²) in [6.07, 6.45) is 2.76. The Kier molecular flexibility index (Phi) is 15.7. The average molecular weight is 534 g/mol. The Balaban J connectivity index is 0.00000124. The van der Waals surface area contributed by atoms with E-state index in [0.29, 0.717) is 30.8 Å². The lowest BCUT2D eigenvalue weighted by Gasteiger charge is -2.39. The molecule has 2 N–H and O–H groups in total. The summed E-state index contributed by atoms with van der Waals surface area (Å²) in [5.41, 5.74) is 1.84. The van der Waals surface area contributed by atoms with Crippen LogP contribution in [0.2, 0.25) is 0 Å². The van der Waals surface area contributed by atoms with E-state index in [1.165, 1.54) is 0 Å². The molecular weight excluding hydrogens is 498 g/mol. The predicted octanol–water partition coefficient (Wildman–Crippen LogP) is 3.22. The topological polar surface area (TPSA) is 101 Å². The molecule has 2 aliphatic rings. The summed E-state index contributed by atoms with van der Waals surface area (Å²) in [6.45, 7) is 14.3. The number of nitrogens with zero attached hydrogens (tertiary/aromatic N) is 2. The molecule has 180 valence electrons. The van der Waals surface area contributed by atoms with Crippen LogP contribution >= 0.6 is 15.9 Å². The lowest BCUT2D eigenvalue weighted by Crippen LogP contribution is -2.65. The maximum absolute atomic E-state index is 12.3. The number of benzene rings is 1. The molecule has 1 unspecified atom stereocenters. The van der Waals surface area contributed by atoms with Crippen molar-refractivity contribution in [3.8, 4) is 0 Å². The Bertz CT molecular complexity index is 783. The number of nitroso groups, excluding NO2 is 1. The number of aliphatic hydroxyl groups excluding tert-OH is 1. The highest BCUT2D eigenvalue weighted by Gasteiger charge is 2.35. The summed E-state index contributed by atoms with van der Waals surface area (Å²) in [5, 5.41) is 8.73. The lowest BCUT2D eigenvalue weighted by molar-refractivity contribution is -0.469. The molecule has 32 heavy (non-hydrogen) atoms. The highest BCUT2D eigenvalue weighted by atomic mass is 79.9. The van der Waals surface area contributed by atoms with Gasteiger partial charge in [-0.1, -0.05) is 42.4 Å². The monoisotopic (exact) mass is 532 g/mol. The standard InChI is InChI=1S/C16H18BrN3O4S.C3H6.C2H6.CH4O/c1-11(9-18-22)25(23)19-6-4-14(5-7-19)20-15-3-2-13(17)8-12(15)10-24-16(20)21;1-3-2;2*1-2/h2-3,8,14H,1,4-7,9-10H2;3H,1H2,2H3;1-2H3;2H,1H3/p+1. The van der Waals surface area contributed by atoms with Crippen LogP contribution in [0.4, 0.5) is 10.5 Å². The van der Waals surface area contributed by atoms with E-state index < -0.39 is 11.0 Å². The Labute approximate surface area is 202 Å². The molecule has 1 atom stereocenters. The van der Waals surface area contributed by atoms with Gasteiger partial charge in [0.2, 0.25) is 6.54 Å². The first-order valence-corrected chi connectivity index (χ1v) is 12.3. The molecule has 1 saturated heterocycles. The molecule has 0 saturated carbocycles. The third kappa shape index (κ3) is 8.57. The van der Waals surface area contributed by atoms with Gasteiger partial charge in [-0.3, -0.25) is 4.90 Å². The highest BCUT2D eigenvalue weighted by Crippen LogP contribution is 2.34. The van der Waals surface area contributed by atoms with Crippen molar-refractivity contribution in [1.29, 1.82) is 0 Å². The first-order valence-electron chi connectivity index (χ1n) is 10.4. The number of carbonyl (C=O) groups is 1. The number of aliphatic hydroxyl groups is 1. The fourth-order valence-corrected chi connectivity index (χ4v) is 4.65. The fourth-order valence-electron chi connectivity index (χ4n) is 3.15. The summed E-state index contributed by atoms with van der Waals surface area (Å²) < 4.78 is 20.4. The molecule has 10 heteroatoms. The lowest BCUT2D eigenvalue weighted by atomic mass is 10.0. The van der Waals surface area contributed by atoms with Crippen LogP contribution < -0.4 is 10.1 Å². The molecule has 1 amide bonds. The molecule has 0 aliphatic carbocycles. The first kappa shape index (κ1) is 30.1. The maximum Gasteiger partial charge on any atom is 0.414 e. The van der Waals surface area contributed by atoms with Gasteiger partial charge in [0, 0.05) is 41.2 Å². The number of halogens is 1. The second-order valence-corrected chi connectivity index (χ2v) is 8.88. The minimum Gasteiger partial charge on any atom is -0.444 e. The number of rotatable bonds is 5. The minimum atomic E-state index is -1.39.